The van der Waals surface area contributed by atoms with Crippen LogP contribution in [-0.4, -0.2) is 16.1 Å². The van der Waals surface area contributed by atoms with E-state index in [1.807, 2.05) is 43.1 Å². The third kappa shape index (κ3) is 1.80. The fourth-order valence-corrected chi connectivity index (χ4v) is 2.48. The number of aryl methyl sites for hydroxylation is 1. The van der Waals surface area contributed by atoms with Gasteiger partial charge in [-0.15, -0.1) is 11.3 Å². The zero-order chi connectivity index (χ0) is 11.7. The molecule has 2 aromatic rings. The van der Waals surface area contributed by atoms with Gasteiger partial charge in [0, 0.05) is 12.2 Å². The van der Waals surface area contributed by atoms with Gasteiger partial charge in [-0.05, 0) is 37.8 Å². The molecule has 0 spiro atoms. The highest BCUT2D eigenvalue weighted by atomic mass is 32.1. The number of thiophene rings is 1. The minimum Gasteiger partial charge on any atom is -0.298 e. The molecule has 0 unspecified atom stereocenters. The van der Waals surface area contributed by atoms with Crippen LogP contribution in [0.25, 0.3) is 10.6 Å². The number of aldehydes is 1. The molecule has 84 valence electrons. The first kappa shape index (κ1) is 11.1. The van der Waals surface area contributed by atoms with Crippen LogP contribution in [0.2, 0.25) is 0 Å². The van der Waals surface area contributed by atoms with Crippen molar-refractivity contribution in [3.63, 3.8) is 0 Å². The lowest BCUT2D eigenvalue weighted by Gasteiger charge is -2.03. The van der Waals surface area contributed by atoms with Gasteiger partial charge in [0.15, 0.2) is 6.29 Å². The van der Waals surface area contributed by atoms with Gasteiger partial charge in [-0.3, -0.25) is 9.48 Å². The van der Waals surface area contributed by atoms with E-state index in [0.29, 0.717) is 5.56 Å². The van der Waals surface area contributed by atoms with Gasteiger partial charge in [-0.1, -0.05) is 0 Å². The molecule has 2 rings (SSSR count). The first-order chi connectivity index (χ1) is 7.63. The zero-order valence-corrected chi connectivity index (χ0v) is 10.4. The Kier molecular flexibility index (Phi) is 2.92. The first-order valence-corrected chi connectivity index (χ1v) is 6.10. The first-order valence-electron chi connectivity index (χ1n) is 5.22. The van der Waals surface area contributed by atoms with Crippen molar-refractivity contribution in [2.45, 2.75) is 26.8 Å². The maximum absolute atomic E-state index is 11.0. The molecule has 4 heteroatoms. The highest BCUT2D eigenvalue weighted by Crippen LogP contribution is 2.30. The predicted octanol–water partition coefficient (Wildman–Crippen LogP) is 3.31. The molecule has 0 aromatic carbocycles. The van der Waals surface area contributed by atoms with E-state index in [0.717, 1.165) is 16.9 Å². The average molecular weight is 234 g/mol. The van der Waals surface area contributed by atoms with Crippen LogP contribution in [0.15, 0.2) is 17.6 Å². The lowest BCUT2D eigenvalue weighted by Crippen LogP contribution is -2.00. The molecule has 0 aliphatic rings. The Morgan fingerprint density at radius 3 is 2.75 bits per heavy atom. The number of hydrogen-bond donors (Lipinski definition) is 0. The van der Waals surface area contributed by atoms with Crippen LogP contribution in [0, 0.1) is 6.92 Å². The molecule has 2 aromatic heterocycles. The summed E-state index contributed by atoms with van der Waals surface area (Å²) in [6.45, 7) is 6.13. The normalized spacial score (nSPS) is 11.0. The summed E-state index contributed by atoms with van der Waals surface area (Å²) in [7, 11) is 0. The summed E-state index contributed by atoms with van der Waals surface area (Å²) in [6.07, 6.45) is 2.69. The van der Waals surface area contributed by atoms with E-state index < -0.39 is 0 Å². The topological polar surface area (TPSA) is 34.9 Å². The summed E-state index contributed by atoms with van der Waals surface area (Å²) < 4.78 is 1.83. The van der Waals surface area contributed by atoms with Crippen LogP contribution >= 0.6 is 11.3 Å². The van der Waals surface area contributed by atoms with Gasteiger partial charge in [0.2, 0.25) is 0 Å². The molecule has 0 aliphatic carbocycles. The molecule has 0 saturated heterocycles. The third-order valence-corrected chi connectivity index (χ3v) is 3.52. The number of rotatable bonds is 3. The van der Waals surface area contributed by atoms with E-state index in [2.05, 4.69) is 5.10 Å². The summed E-state index contributed by atoms with van der Waals surface area (Å²) in [5, 5.41) is 6.50. The molecular formula is C12H14N2OS. The molecule has 0 aliphatic heterocycles. The zero-order valence-electron chi connectivity index (χ0n) is 9.60. The monoisotopic (exact) mass is 234 g/mol. The fourth-order valence-electron chi connectivity index (χ4n) is 1.55. The Labute approximate surface area is 98.7 Å². The maximum atomic E-state index is 11.0. The van der Waals surface area contributed by atoms with E-state index >= 15 is 0 Å². The van der Waals surface area contributed by atoms with Crippen molar-refractivity contribution >= 4 is 17.6 Å². The van der Waals surface area contributed by atoms with E-state index in [-0.39, 0.29) is 6.04 Å². The van der Waals surface area contributed by atoms with Gasteiger partial charge in [0.1, 0.15) is 5.69 Å². The van der Waals surface area contributed by atoms with Crippen molar-refractivity contribution in [2.75, 3.05) is 0 Å². The second kappa shape index (κ2) is 4.22. The molecule has 0 saturated carbocycles. The van der Waals surface area contributed by atoms with E-state index in [9.17, 15) is 4.79 Å². The van der Waals surface area contributed by atoms with Crippen molar-refractivity contribution in [3.8, 4) is 10.6 Å². The van der Waals surface area contributed by atoms with E-state index in [1.165, 1.54) is 5.56 Å². The molecular weight excluding hydrogens is 220 g/mol. The minimum atomic E-state index is 0.271. The summed E-state index contributed by atoms with van der Waals surface area (Å²) >= 11 is 1.62. The van der Waals surface area contributed by atoms with Gasteiger partial charge >= 0.3 is 0 Å². The quantitative estimate of drug-likeness (QED) is 0.764. The minimum absolute atomic E-state index is 0.271. The summed E-state index contributed by atoms with van der Waals surface area (Å²) in [6, 6.07) is 2.32. The van der Waals surface area contributed by atoms with Gasteiger partial charge in [0.05, 0.1) is 10.4 Å². The third-order valence-electron chi connectivity index (χ3n) is 2.49. The van der Waals surface area contributed by atoms with Crippen molar-refractivity contribution < 1.29 is 4.79 Å². The molecule has 0 bridgehead atoms. The van der Waals surface area contributed by atoms with Gasteiger partial charge in [-0.25, -0.2) is 0 Å². The summed E-state index contributed by atoms with van der Waals surface area (Å²) in [4.78, 5) is 12.1. The van der Waals surface area contributed by atoms with Crippen LogP contribution in [0.5, 0.6) is 0 Å². The van der Waals surface area contributed by atoms with Crippen molar-refractivity contribution in [1.82, 2.24) is 9.78 Å². The Hall–Kier alpha value is -1.42. The molecule has 0 amide bonds. The molecule has 0 atom stereocenters. The lowest BCUT2D eigenvalue weighted by atomic mass is 10.2. The smallest absolute Gasteiger partial charge is 0.153 e. The maximum Gasteiger partial charge on any atom is 0.153 e. The van der Waals surface area contributed by atoms with Crippen LogP contribution in [-0.2, 0) is 0 Å². The fraction of sp³-hybridized carbons (Fsp3) is 0.333. The molecule has 2 heterocycles. The lowest BCUT2D eigenvalue weighted by molar-refractivity contribution is 0.112. The molecule has 3 nitrogen and oxygen atoms in total. The number of aromatic nitrogens is 2. The van der Waals surface area contributed by atoms with Crippen LogP contribution < -0.4 is 0 Å². The van der Waals surface area contributed by atoms with Crippen LogP contribution in [0.3, 0.4) is 0 Å². The number of hydrogen-bond acceptors (Lipinski definition) is 3. The Bertz CT molecular complexity index is 511. The summed E-state index contributed by atoms with van der Waals surface area (Å²) in [5.41, 5.74) is 2.64. The van der Waals surface area contributed by atoms with Crippen molar-refractivity contribution in [2.24, 2.45) is 0 Å². The van der Waals surface area contributed by atoms with Crippen molar-refractivity contribution in [1.29, 1.82) is 0 Å². The second-order valence-corrected chi connectivity index (χ2v) is 4.97. The molecule has 0 N–H and O–H groups in total. The molecule has 0 radical (unpaired) electrons. The number of nitrogens with zero attached hydrogens (tertiary/aromatic N) is 2. The van der Waals surface area contributed by atoms with Gasteiger partial charge < -0.3 is 0 Å². The SMILES string of the molecule is Cc1ccsc1-c1nn(C(C)C)cc1C=O. The van der Waals surface area contributed by atoms with Gasteiger partial charge in [-0.2, -0.15) is 5.10 Å². The van der Waals surface area contributed by atoms with E-state index in [4.69, 9.17) is 0 Å². The Morgan fingerprint density at radius 2 is 2.25 bits per heavy atom. The van der Waals surface area contributed by atoms with Crippen molar-refractivity contribution in [3.05, 3.63) is 28.8 Å². The number of carbonyl (C=O) groups is 1. The average Bonchev–Trinajstić information content (AvgIpc) is 2.82. The number of carbonyl (C=O) groups excluding carboxylic acids is 1. The molecule has 0 fully saturated rings. The largest absolute Gasteiger partial charge is 0.298 e. The van der Waals surface area contributed by atoms with E-state index in [1.54, 1.807) is 11.3 Å². The molecule has 16 heavy (non-hydrogen) atoms. The Balaban J connectivity index is 2.56. The predicted molar refractivity (Wildman–Crippen MR) is 66.0 cm³/mol. The van der Waals surface area contributed by atoms with Crippen LogP contribution in [0.1, 0.15) is 35.8 Å². The van der Waals surface area contributed by atoms with Gasteiger partial charge in [0.25, 0.3) is 0 Å². The standard InChI is InChI=1S/C12H14N2OS/c1-8(2)14-6-10(7-15)11(13-14)12-9(3)4-5-16-12/h4-8H,1-3H3. The Morgan fingerprint density at radius 1 is 1.50 bits per heavy atom. The summed E-state index contributed by atoms with van der Waals surface area (Å²) in [5.74, 6) is 0. The highest BCUT2D eigenvalue weighted by molar-refractivity contribution is 7.13. The second-order valence-electron chi connectivity index (χ2n) is 4.06. The highest BCUT2D eigenvalue weighted by Gasteiger charge is 2.14. The van der Waals surface area contributed by atoms with Crippen LogP contribution in [0.4, 0.5) is 0 Å².